The fourth-order valence-corrected chi connectivity index (χ4v) is 3.04. The van der Waals surface area contributed by atoms with E-state index in [0.717, 1.165) is 28.1 Å². The van der Waals surface area contributed by atoms with E-state index in [-0.39, 0.29) is 0 Å². The van der Waals surface area contributed by atoms with E-state index in [1.165, 1.54) is 0 Å². The zero-order valence-electron chi connectivity index (χ0n) is 15.6. The first-order valence-corrected chi connectivity index (χ1v) is 8.83. The number of hydrogen-bond acceptors (Lipinski definition) is 5. The normalized spacial score (nSPS) is 10.5. The first kappa shape index (κ1) is 18.1. The van der Waals surface area contributed by atoms with E-state index < -0.39 is 5.91 Å². The molecule has 7 nitrogen and oxygen atoms in total. The van der Waals surface area contributed by atoms with Gasteiger partial charge >= 0.3 is 0 Å². The number of aromatic nitrogens is 4. The molecule has 2 N–H and O–H groups in total. The van der Waals surface area contributed by atoms with Crippen LogP contribution >= 0.6 is 0 Å². The Morgan fingerprint density at radius 3 is 2.21 bits per heavy atom. The van der Waals surface area contributed by atoms with E-state index >= 15 is 0 Å². The minimum atomic E-state index is -0.466. The van der Waals surface area contributed by atoms with Crippen LogP contribution < -0.4 is 5.73 Å². The van der Waals surface area contributed by atoms with E-state index in [1.807, 2.05) is 36.4 Å². The molecule has 0 saturated heterocycles. The van der Waals surface area contributed by atoms with Gasteiger partial charge in [0.1, 0.15) is 5.69 Å². The molecular weight excluding hydrogens is 364 g/mol. The predicted octanol–water partition coefficient (Wildman–Crippen LogP) is 3.18. The number of hydrogen-bond donors (Lipinski definition) is 1. The summed E-state index contributed by atoms with van der Waals surface area (Å²) in [4.78, 5) is 16.1. The molecule has 1 amide bonds. The molecule has 2 aromatic heterocycles. The molecule has 0 fully saturated rings. The smallest absolute Gasteiger partial charge is 0.248 e. The number of pyridine rings is 1. The van der Waals surface area contributed by atoms with Gasteiger partial charge in [-0.25, -0.2) is 9.67 Å². The van der Waals surface area contributed by atoms with Crippen LogP contribution in [-0.2, 0) is 7.05 Å². The molecule has 0 spiro atoms. The molecule has 2 aromatic carbocycles. The van der Waals surface area contributed by atoms with Gasteiger partial charge in [0, 0.05) is 18.2 Å². The average Bonchev–Trinajstić information content (AvgIpc) is 3.19. The summed E-state index contributed by atoms with van der Waals surface area (Å²) in [6, 6.07) is 20.4. The highest BCUT2D eigenvalue weighted by Crippen LogP contribution is 2.30. The summed E-state index contributed by atoms with van der Waals surface area (Å²) in [6.45, 7) is 0. The summed E-state index contributed by atoms with van der Waals surface area (Å²) >= 11 is 0. The zero-order chi connectivity index (χ0) is 20.4. The number of nitrogens with two attached hydrogens (primary N) is 1. The third-order valence-electron chi connectivity index (χ3n) is 4.61. The van der Waals surface area contributed by atoms with Crippen molar-refractivity contribution in [3.05, 3.63) is 78.0 Å². The zero-order valence-corrected chi connectivity index (χ0v) is 15.6. The Hall–Kier alpha value is -4.31. The standard InChI is InChI=1S/C22H16N6O/c1-28-21(13-25-27-28)20-11-18(15-6-8-17(9-7-15)22(24)29)10-19(26-20)16-4-2-14(12-23)3-5-16/h2-11,13H,1H3,(H2,24,29). The molecule has 4 aromatic rings. The van der Waals surface area contributed by atoms with Crippen LogP contribution in [0.2, 0.25) is 0 Å². The van der Waals surface area contributed by atoms with Gasteiger partial charge in [-0.1, -0.05) is 29.5 Å². The number of aryl methyl sites for hydroxylation is 1. The van der Waals surface area contributed by atoms with Crippen molar-refractivity contribution in [3.63, 3.8) is 0 Å². The van der Waals surface area contributed by atoms with Crippen LogP contribution in [0.25, 0.3) is 33.8 Å². The van der Waals surface area contributed by atoms with Gasteiger partial charge in [0.25, 0.3) is 0 Å². The summed E-state index contributed by atoms with van der Waals surface area (Å²) in [5.74, 6) is -0.466. The van der Waals surface area contributed by atoms with Crippen molar-refractivity contribution in [3.8, 4) is 39.8 Å². The molecule has 0 aliphatic rings. The Labute approximate surface area is 167 Å². The van der Waals surface area contributed by atoms with Gasteiger partial charge in [0.05, 0.1) is 29.2 Å². The topological polar surface area (TPSA) is 110 Å². The minimum Gasteiger partial charge on any atom is -0.366 e. The maximum absolute atomic E-state index is 11.4. The highest BCUT2D eigenvalue weighted by molar-refractivity contribution is 5.93. The van der Waals surface area contributed by atoms with E-state index in [9.17, 15) is 4.79 Å². The number of nitrogens with zero attached hydrogens (tertiary/aromatic N) is 5. The number of benzene rings is 2. The number of primary amides is 1. The second kappa shape index (κ2) is 7.37. The molecule has 0 aliphatic heterocycles. The lowest BCUT2D eigenvalue weighted by Gasteiger charge is -2.10. The van der Waals surface area contributed by atoms with E-state index in [4.69, 9.17) is 16.0 Å². The Kier molecular flexibility index (Phi) is 4.59. The lowest BCUT2D eigenvalue weighted by molar-refractivity contribution is 0.100. The van der Waals surface area contributed by atoms with E-state index in [0.29, 0.717) is 16.8 Å². The molecule has 0 saturated carbocycles. The molecule has 4 rings (SSSR count). The van der Waals surface area contributed by atoms with Gasteiger partial charge in [0.2, 0.25) is 5.91 Å². The Morgan fingerprint density at radius 1 is 0.966 bits per heavy atom. The minimum absolute atomic E-state index is 0.450. The lowest BCUT2D eigenvalue weighted by Crippen LogP contribution is -2.10. The molecule has 0 aliphatic carbocycles. The average molecular weight is 380 g/mol. The summed E-state index contributed by atoms with van der Waals surface area (Å²) in [5.41, 5.74) is 11.3. The van der Waals surface area contributed by atoms with Gasteiger partial charge in [0.15, 0.2) is 0 Å². The van der Waals surface area contributed by atoms with Crippen molar-refractivity contribution in [2.24, 2.45) is 12.8 Å². The largest absolute Gasteiger partial charge is 0.366 e. The molecule has 0 unspecified atom stereocenters. The van der Waals surface area contributed by atoms with Crippen LogP contribution in [0, 0.1) is 11.3 Å². The van der Waals surface area contributed by atoms with Gasteiger partial charge in [-0.15, -0.1) is 5.10 Å². The molecule has 0 atom stereocenters. The highest BCUT2D eigenvalue weighted by Gasteiger charge is 2.12. The molecule has 0 bridgehead atoms. The number of carbonyl (C=O) groups excluding carboxylic acids is 1. The van der Waals surface area contributed by atoms with Crippen molar-refractivity contribution >= 4 is 5.91 Å². The second-order valence-corrected chi connectivity index (χ2v) is 6.50. The Morgan fingerprint density at radius 2 is 1.62 bits per heavy atom. The molecule has 0 radical (unpaired) electrons. The fraction of sp³-hybridized carbons (Fsp3) is 0.0455. The van der Waals surface area contributed by atoms with Crippen LogP contribution in [-0.4, -0.2) is 25.9 Å². The number of carbonyl (C=O) groups is 1. The maximum Gasteiger partial charge on any atom is 0.248 e. The summed E-state index contributed by atoms with van der Waals surface area (Å²) < 4.78 is 1.66. The van der Waals surface area contributed by atoms with Gasteiger partial charge in [-0.05, 0) is 47.5 Å². The Bertz CT molecular complexity index is 1230. The second-order valence-electron chi connectivity index (χ2n) is 6.50. The van der Waals surface area contributed by atoms with Crippen LogP contribution in [0.4, 0.5) is 0 Å². The molecular formula is C22H16N6O. The lowest BCUT2D eigenvalue weighted by atomic mass is 10.00. The number of amides is 1. The quantitative estimate of drug-likeness (QED) is 0.584. The van der Waals surface area contributed by atoms with E-state index in [1.54, 1.807) is 42.2 Å². The molecule has 29 heavy (non-hydrogen) atoms. The molecule has 7 heteroatoms. The summed E-state index contributed by atoms with van der Waals surface area (Å²) in [6.07, 6.45) is 1.66. The van der Waals surface area contributed by atoms with Crippen LogP contribution in [0.3, 0.4) is 0 Å². The molecule has 2 heterocycles. The van der Waals surface area contributed by atoms with Crippen molar-refractivity contribution in [2.75, 3.05) is 0 Å². The van der Waals surface area contributed by atoms with Crippen molar-refractivity contribution in [1.82, 2.24) is 20.0 Å². The predicted molar refractivity (Wildman–Crippen MR) is 108 cm³/mol. The highest BCUT2D eigenvalue weighted by atomic mass is 16.1. The van der Waals surface area contributed by atoms with Crippen molar-refractivity contribution in [1.29, 1.82) is 5.26 Å². The van der Waals surface area contributed by atoms with Crippen molar-refractivity contribution < 1.29 is 4.79 Å². The third kappa shape index (κ3) is 3.59. The number of rotatable bonds is 4. The first-order valence-electron chi connectivity index (χ1n) is 8.83. The monoisotopic (exact) mass is 380 g/mol. The van der Waals surface area contributed by atoms with Crippen molar-refractivity contribution in [2.45, 2.75) is 0 Å². The van der Waals surface area contributed by atoms with Gasteiger partial charge in [-0.2, -0.15) is 5.26 Å². The fourth-order valence-electron chi connectivity index (χ4n) is 3.04. The first-order chi connectivity index (χ1) is 14.0. The van der Waals surface area contributed by atoms with E-state index in [2.05, 4.69) is 16.4 Å². The van der Waals surface area contributed by atoms with Crippen LogP contribution in [0.15, 0.2) is 66.9 Å². The SMILES string of the molecule is Cn1nncc1-c1cc(-c2ccc(C(N)=O)cc2)cc(-c2ccc(C#N)cc2)n1. The number of nitriles is 1. The van der Waals surface area contributed by atoms with Crippen LogP contribution in [0.5, 0.6) is 0 Å². The summed E-state index contributed by atoms with van der Waals surface area (Å²) in [7, 11) is 1.81. The van der Waals surface area contributed by atoms with Crippen LogP contribution in [0.1, 0.15) is 15.9 Å². The maximum atomic E-state index is 11.4. The van der Waals surface area contributed by atoms with Gasteiger partial charge in [-0.3, -0.25) is 4.79 Å². The molecule has 140 valence electrons. The third-order valence-corrected chi connectivity index (χ3v) is 4.61. The Balaban J connectivity index is 1.87. The summed E-state index contributed by atoms with van der Waals surface area (Å²) in [5, 5.41) is 17.0. The van der Waals surface area contributed by atoms with Gasteiger partial charge < -0.3 is 5.73 Å².